The first-order valence-electron chi connectivity index (χ1n) is 11.8. The van der Waals surface area contributed by atoms with Crippen LogP contribution in [0.5, 0.6) is 0 Å². The highest BCUT2D eigenvalue weighted by Gasteiger charge is 2.56. The summed E-state index contributed by atoms with van der Waals surface area (Å²) in [5.41, 5.74) is 4.18. The second-order valence-corrected chi connectivity index (χ2v) is 11.5. The minimum absolute atomic E-state index is 0.106. The summed E-state index contributed by atoms with van der Waals surface area (Å²) in [6.07, 6.45) is 16.4. The Morgan fingerprint density at radius 3 is 2.48 bits per heavy atom. The number of allylic oxidation sites excluding steroid dienone is 3. The molecule has 4 aliphatic carbocycles. The summed E-state index contributed by atoms with van der Waals surface area (Å²) >= 11 is 0. The van der Waals surface area contributed by atoms with Crippen LogP contribution in [0.15, 0.2) is 23.3 Å². The SMILES string of the molecule is CC(C)CC[C@@H](C)[C@H]1CC[C@H]2C3=CC=C4C[C@@H](O)CC[C@]4(C)[C@H]3CC[C@]12C. The van der Waals surface area contributed by atoms with E-state index in [9.17, 15) is 5.11 Å². The molecule has 3 fully saturated rings. The van der Waals surface area contributed by atoms with Crippen molar-refractivity contribution in [1.82, 2.24) is 0 Å². The van der Waals surface area contributed by atoms with Crippen LogP contribution in [0, 0.1) is 40.4 Å². The molecule has 27 heavy (non-hydrogen) atoms. The Kier molecular flexibility index (Phi) is 5.15. The van der Waals surface area contributed by atoms with Gasteiger partial charge in [-0.2, -0.15) is 0 Å². The molecule has 0 amide bonds. The molecule has 4 aliphatic rings. The summed E-state index contributed by atoms with van der Waals surface area (Å²) in [5.74, 6) is 4.17. The summed E-state index contributed by atoms with van der Waals surface area (Å²) in [5, 5.41) is 10.2. The van der Waals surface area contributed by atoms with E-state index in [-0.39, 0.29) is 6.10 Å². The topological polar surface area (TPSA) is 20.2 Å². The maximum atomic E-state index is 10.2. The van der Waals surface area contributed by atoms with Crippen LogP contribution in [0.2, 0.25) is 0 Å². The molecule has 0 aromatic carbocycles. The smallest absolute Gasteiger partial charge is 0.0578 e. The molecular formula is C26H42O. The fraction of sp³-hybridized carbons (Fsp3) is 0.846. The Bertz CT molecular complexity index is 628. The molecular weight excluding hydrogens is 328 g/mol. The van der Waals surface area contributed by atoms with Crippen molar-refractivity contribution in [2.75, 3.05) is 0 Å². The van der Waals surface area contributed by atoms with Crippen molar-refractivity contribution in [1.29, 1.82) is 0 Å². The summed E-state index contributed by atoms with van der Waals surface area (Å²) in [6.45, 7) is 12.4. The lowest BCUT2D eigenvalue weighted by molar-refractivity contribution is 0.0320. The Balaban J connectivity index is 1.58. The molecule has 0 aromatic rings. The van der Waals surface area contributed by atoms with E-state index >= 15 is 0 Å². The standard InChI is InChI=1S/C26H42O/c1-17(2)6-7-18(3)22-10-11-23-21-9-8-19-16-20(27)12-14-25(19,4)24(21)13-15-26(22,23)5/h8-9,17-18,20,22-24,27H,6-7,10-16H2,1-5H3/t18-,20+,22-,23+,24+,25+,26-/m1/s1. The number of rotatable bonds is 4. The summed E-state index contributed by atoms with van der Waals surface area (Å²) in [7, 11) is 0. The minimum Gasteiger partial charge on any atom is -0.393 e. The maximum Gasteiger partial charge on any atom is 0.0578 e. The molecule has 4 rings (SSSR count). The van der Waals surface area contributed by atoms with E-state index in [1.807, 2.05) is 0 Å². The zero-order valence-corrected chi connectivity index (χ0v) is 18.4. The fourth-order valence-corrected chi connectivity index (χ4v) is 7.76. The number of fused-ring (bicyclic) bond motifs is 5. The van der Waals surface area contributed by atoms with Crippen molar-refractivity contribution in [3.63, 3.8) is 0 Å². The number of hydrogen-bond acceptors (Lipinski definition) is 1. The Morgan fingerprint density at radius 1 is 0.963 bits per heavy atom. The van der Waals surface area contributed by atoms with Gasteiger partial charge in [-0.25, -0.2) is 0 Å². The first-order valence-corrected chi connectivity index (χ1v) is 11.8. The summed E-state index contributed by atoms with van der Waals surface area (Å²) in [4.78, 5) is 0. The molecule has 7 atom stereocenters. The first kappa shape index (κ1) is 19.7. The molecule has 1 nitrogen and oxygen atoms in total. The first-order chi connectivity index (χ1) is 12.8. The van der Waals surface area contributed by atoms with E-state index in [1.165, 1.54) is 44.9 Å². The van der Waals surface area contributed by atoms with Gasteiger partial charge in [0.05, 0.1) is 6.10 Å². The highest BCUT2D eigenvalue weighted by atomic mass is 16.3. The van der Waals surface area contributed by atoms with Gasteiger partial charge in [0.2, 0.25) is 0 Å². The third-order valence-corrected chi connectivity index (χ3v) is 9.50. The molecule has 0 bridgehead atoms. The number of aliphatic hydroxyl groups is 1. The van der Waals surface area contributed by atoms with Gasteiger partial charge in [-0.05, 0) is 85.4 Å². The molecule has 0 heterocycles. The molecule has 0 aliphatic heterocycles. The van der Waals surface area contributed by atoms with Crippen LogP contribution in [0.4, 0.5) is 0 Å². The average molecular weight is 371 g/mol. The number of aliphatic hydroxyl groups excluding tert-OH is 1. The summed E-state index contributed by atoms with van der Waals surface area (Å²) in [6, 6.07) is 0. The third kappa shape index (κ3) is 3.17. The van der Waals surface area contributed by atoms with E-state index in [1.54, 1.807) is 11.1 Å². The van der Waals surface area contributed by atoms with Crippen molar-refractivity contribution in [3.8, 4) is 0 Å². The van der Waals surface area contributed by atoms with E-state index in [4.69, 9.17) is 0 Å². The van der Waals surface area contributed by atoms with E-state index in [2.05, 4.69) is 46.8 Å². The lowest BCUT2D eigenvalue weighted by Gasteiger charge is -2.55. The van der Waals surface area contributed by atoms with Gasteiger partial charge in [-0.1, -0.05) is 70.8 Å². The largest absolute Gasteiger partial charge is 0.393 e. The molecule has 1 heteroatoms. The van der Waals surface area contributed by atoms with Gasteiger partial charge in [0.25, 0.3) is 0 Å². The van der Waals surface area contributed by atoms with Gasteiger partial charge in [0.1, 0.15) is 0 Å². The van der Waals surface area contributed by atoms with E-state index in [0.29, 0.717) is 10.8 Å². The van der Waals surface area contributed by atoms with Crippen LogP contribution in [-0.2, 0) is 0 Å². The maximum absolute atomic E-state index is 10.2. The second-order valence-electron chi connectivity index (χ2n) is 11.5. The highest BCUT2D eigenvalue weighted by Crippen LogP contribution is 2.66. The molecule has 152 valence electrons. The van der Waals surface area contributed by atoms with E-state index < -0.39 is 0 Å². The van der Waals surface area contributed by atoms with Crippen molar-refractivity contribution in [2.45, 2.75) is 98.5 Å². The van der Waals surface area contributed by atoms with Crippen LogP contribution in [-0.4, -0.2) is 11.2 Å². The van der Waals surface area contributed by atoms with Crippen LogP contribution >= 0.6 is 0 Å². The van der Waals surface area contributed by atoms with Crippen molar-refractivity contribution >= 4 is 0 Å². The summed E-state index contributed by atoms with van der Waals surface area (Å²) < 4.78 is 0. The molecule has 3 saturated carbocycles. The molecule has 1 N–H and O–H groups in total. The normalized spacial score (nSPS) is 44.9. The fourth-order valence-electron chi connectivity index (χ4n) is 7.76. The van der Waals surface area contributed by atoms with Gasteiger partial charge in [-0.15, -0.1) is 0 Å². The zero-order valence-electron chi connectivity index (χ0n) is 18.4. The zero-order chi connectivity index (χ0) is 19.4. The van der Waals surface area contributed by atoms with Crippen LogP contribution in [0.3, 0.4) is 0 Å². The molecule has 0 saturated heterocycles. The van der Waals surface area contributed by atoms with Gasteiger partial charge in [-0.3, -0.25) is 0 Å². The van der Waals surface area contributed by atoms with E-state index in [0.717, 1.165) is 42.4 Å². The average Bonchev–Trinajstić information content (AvgIpc) is 2.97. The Morgan fingerprint density at radius 2 is 1.74 bits per heavy atom. The predicted octanol–water partition coefficient (Wildman–Crippen LogP) is 6.92. The van der Waals surface area contributed by atoms with Gasteiger partial charge in [0, 0.05) is 0 Å². The van der Waals surface area contributed by atoms with Gasteiger partial charge >= 0.3 is 0 Å². The van der Waals surface area contributed by atoms with Crippen molar-refractivity contribution in [3.05, 3.63) is 23.3 Å². The second kappa shape index (κ2) is 7.05. The molecule has 0 aromatic heterocycles. The monoisotopic (exact) mass is 370 g/mol. The van der Waals surface area contributed by atoms with Crippen molar-refractivity contribution < 1.29 is 5.11 Å². The molecule has 0 unspecified atom stereocenters. The van der Waals surface area contributed by atoms with Gasteiger partial charge in [0.15, 0.2) is 0 Å². The molecule has 0 spiro atoms. The number of hydrogen-bond donors (Lipinski definition) is 1. The third-order valence-electron chi connectivity index (χ3n) is 9.50. The lowest BCUT2D eigenvalue weighted by Crippen LogP contribution is -2.46. The predicted molar refractivity (Wildman–Crippen MR) is 114 cm³/mol. The van der Waals surface area contributed by atoms with Crippen molar-refractivity contribution in [2.24, 2.45) is 40.4 Å². The molecule has 0 radical (unpaired) electrons. The van der Waals surface area contributed by atoms with Gasteiger partial charge < -0.3 is 5.11 Å². The lowest BCUT2D eigenvalue weighted by atomic mass is 9.50. The van der Waals surface area contributed by atoms with Crippen LogP contribution in [0.1, 0.15) is 92.4 Å². The van der Waals surface area contributed by atoms with Crippen LogP contribution < -0.4 is 0 Å². The van der Waals surface area contributed by atoms with Crippen LogP contribution in [0.25, 0.3) is 0 Å². The Labute approximate surface area is 167 Å². The quantitative estimate of drug-likeness (QED) is 0.569. The minimum atomic E-state index is -0.106. The highest BCUT2D eigenvalue weighted by molar-refractivity contribution is 5.38. The Hall–Kier alpha value is -0.560.